The predicted octanol–water partition coefficient (Wildman–Crippen LogP) is 3.31. The molecular weight excluding hydrogens is 506 g/mol. The summed E-state index contributed by atoms with van der Waals surface area (Å²) >= 11 is 5.99. The summed E-state index contributed by atoms with van der Waals surface area (Å²) in [6, 6.07) is 10.6. The summed E-state index contributed by atoms with van der Waals surface area (Å²) in [4.78, 5) is 27.8. The summed E-state index contributed by atoms with van der Waals surface area (Å²) in [7, 11) is -1.02. The van der Waals surface area contributed by atoms with Crippen LogP contribution in [0.15, 0.2) is 42.5 Å². The number of nitrogens with one attached hydrogen (secondary N) is 1. The van der Waals surface area contributed by atoms with Gasteiger partial charge in [0.1, 0.15) is 24.1 Å². The van der Waals surface area contributed by atoms with Crippen molar-refractivity contribution < 1.29 is 27.5 Å². The third-order valence-electron chi connectivity index (χ3n) is 5.45. The first-order valence-corrected chi connectivity index (χ1v) is 13.6. The number of halogens is 1. The predicted molar refractivity (Wildman–Crippen MR) is 141 cm³/mol. The zero-order chi connectivity index (χ0) is 27.0. The monoisotopic (exact) mass is 539 g/mol. The topological polar surface area (TPSA) is 105 Å². The second-order valence-electron chi connectivity index (χ2n) is 8.77. The maximum atomic E-state index is 13.6. The lowest BCUT2D eigenvalue weighted by molar-refractivity contribution is -0.139. The average molecular weight is 540 g/mol. The van der Waals surface area contributed by atoms with Crippen molar-refractivity contribution in [2.24, 2.45) is 5.92 Å². The van der Waals surface area contributed by atoms with Gasteiger partial charge < -0.3 is 19.7 Å². The highest BCUT2D eigenvalue weighted by Gasteiger charge is 2.31. The number of sulfonamides is 1. The fourth-order valence-electron chi connectivity index (χ4n) is 3.41. The molecule has 0 aliphatic rings. The summed E-state index contributed by atoms with van der Waals surface area (Å²) in [5.74, 6) is 0.0268. The van der Waals surface area contributed by atoms with Crippen LogP contribution in [0.2, 0.25) is 5.02 Å². The second-order valence-corrected chi connectivity index (χ2v) is 11.1. The van der Waals surface area contributed by atoms with E-state index >= 15 is 0 Å². The SMILES string of the molecule is COc1ccc(N(CC(=O)N(Cc2ccc(Cl)cc2)C(C)C(=O)NCC(C)C)S(C)(=O)=O)c(OC)c1. The van der Waals surface area contributed by atoms with E-state index in [9.17, 15) is 18.0 Å². The van der Waals surface area contributed by atoms with Crippen molar-refractivity contribution in [1.82, 2.24) is 10.2 Å². The zero-order valence-electron chi connectivity index (χ0n) is 21.4. The van der Waals surface area contributed by atoms with Gasteiger partial charge in [0.05, 0.1) is 26.2 Å². The first kappa shape index (κ1) is 29.3. The highest BCUT2D eigenvalue weighted by atomic mass is 35.5. The highest BCUT2D eigenvalue weighted by molar-refractivity contribution is 7.92. The van der Waals surface area contributed by atoms with Crippen LogP contribution < -0.4 is 19.1 Å². The standard InChI is InChI=1S/C25H34ClN3O6S/c1-17(2)14-27-25(31)18(3)28(15-19-7-9-20(26)10-8-19)24(30)16-29(36(6,32)33)22-12-11-21(34-4)13-23(22)35-5/h7-13,17-18H,14-16H2,1-6H3,(H,27,31). The molecule has 1 atom stereocenters. The number of anilines is 1. The van der Waals surface area contributed by atoms with Gasteiger partial charge >= 0.3 is 0 Å². The van der Waals surface area contributed by atoms with Crippen LogP contribution in [-0.4, -0.2) is 64.7 Å². The second kappa shape index (κ2) is 12.8. The van der Waals surface area contributed by atoms with Gasteiger partial charge in [-0.25, -0.2) is 8.42 Å². The van der Waals surface area contributed by atoms with Gasteiger partial charge in [-0.2, -0.15) is 0 Å². The molecule has 0 aromatic heterocycles. The van der Waals surface area contributed by atoms with Crippen LogP contribution in [0.3, 0.4) is 0 Å². The van der Waals surface area contributed by atoms with E-state index in [0.717, 1.165) is 16.1 Å². The molecule has 0 fully saturated rings. The van der Waals surface area contributed by atoms with Crippen LogP contribution in [0.4, 0.5) is 5.69 Å². The van der Waals surface area contributed by atoms with E-state index in [1.54, 1.807) is 37.3 Å². The Hall–Kier alpha value is -2.98. The van der Waals surface area contributed by atoms with Gasteiger partial charge in [0.15, 0.2) is 0 Å². The Balaban J connectivity index is 2.43. The first-order valence-electron chi connectivity index (χ1n) is 11.4. The molecule has 198 valence electrons. The Bertz CT molecular complexity index is 1150. The molecule has 2 amide bonds. The van der Waals surface area contributed by atoms with Gasteiger partial charge in [0.2, 0.25) is 21.8 Å². The van der Waals surface area contributed by atoms with E-state index in [0.29, 0.717) is 17.3 Å². The number of hydrogen-bond acceptors (Lipinski definition) is 6. The summed E-state index contributed by atoms with van der Waals surface area (Å²) in [6.45, 7) is 5.55. The number of hydrogen-bond donors (Lipinski definition) is 1. The van der Waals surface area contributed by atoms with Gasteiger partial charge in [-0.1, -0.05) is 37.6 Å². The molecule has 1 unspecified atom stereocenters. The maximum Gasteiger partial charge on any atom is 0.244 e. The summed E-state index contributed by atoms with van der Waals surface area (Å²) in [5, 5.41) is 3.37. The molecule has 0 bridgehead atoms. The first-order chi connectivity index (χ1) is 16.9. The van der Waals surface area contributed by atoms with Gasteiger partial charge in [0.25, 0.3) is 0 Å². The Morgan fingerprint density at radius 3 is 2.19 bits per heavy atom. The van der Waals surface area contributed by atoms with E-state index in [-0.39, 0.29) is 29.8 Å². The van der Waals surface area contributed by atoms with Crippen molar-refractivity contribution in [2.75, 3.05) is 37.9 Å². The lowest BCUT2D eigenvalue weighted by Gasteiger charge is -2.32. The number of carbonyl (C=O) groups is 2. The third kappa shape index (κ3) is 8.03. The molecule has 0 saturated carbocycles. The van der Waals surface area contributed by atoms with Crippen LogP contribution >= 0.6 is 11.6 Å². The minimum Gasteiger partial charge on any atom is -0.497 e. The number of benzene rings is 2. The number of nitrogens with zero attached hydrogens (tertiary/aromatic N) is 2. The highest BCUT2D eigenvalue weighted by Crippen LogP contribution is 2.33. The largest absolute Gasteiger partial charge is 0.497 e. The zero-order valence-corrected chi connectivity index (χ0v) is 23.0. The summed E-state index contributed by atoms with van der Waals surface area (Å²) in [5.41, 5.74) is 0.918. The fourth-order valence-corrected chi connectivity index (χ4v) is 4.39. The minimum absolute atomic E-state index is 0.0869. The van der Waals surface area contributed by atoms with Crippen LogP contribution in [0, 0.1) is 5.92 Å². The minimum atomic E-state index is -3.90. The number of ether oxygens (including phenoxy) is 2. The molecule has 0 saturated heterocycles. The van der Waals surface area contributed by atoms with Crippen molar-refractivity contribution in [3.63, 3.8) is 0 Å². The fraction of sp³-hybridized carbons (Fsp3) is 0.440. The van der Waals surface area contributed by atoms with E-state index in [4.69, 9.17) is 21.1 Å². The van der Waals surface area contributed by atoms with Crippen LogP contribution in [-0.2, 0) is 26.2 Å². The lowest BCUT2D eigenvalue weighted by Crippen LogP contribution is -2.51. The van der Waals surface area contributed by atoms with E-state index < -0.39 is 28.5 Å². The number of carbonyl (C=O) groups excluding carboxylic acids is 2. The molecule has 0 heterocycles. The van der Waals surface area contributed by atoms with E-state index in [1.807, 2.05) is 13.8 Å². The molecule has 0 aliphatic carbocycles. The third-order valence-corrected chi connectivity index (χ3v) is 6.83. The molecule has 36 heavy (non-hydrogen) atoms. The summed E-state index contributed by atoms with van der Waals surface area (Å²) in [6.07, 6.45) is 1.01. The number of amides is 2. The molecule has 11 heteroatoms. The molecule has 0 radical (unpaired) electrons. The van der Waals surface area contributed by atoms with Crippen molar-refractivity contribution in [3.05, 3.63) is 53.1 Å². The maximum absolute atomic E-state index is 13.6. The quantitative estimate of drug-likeness (QED) is 0.443. The molecule has 2 rings (SSSR count). The Kier molecular flexibility index (Phi) is 10.4. The van der Waals surface area contributed by atoms with Crippen molar-refractivity contribution in [3.8, 4) is 11.5 Å². The molecule has 1 N–H and O–H groups in total. The van der Waals surface area contributed by atoms with Gasteiger partial charge in [-0.3, -0.25) is 13.9 Å². The lowest BCUT2D eigenvalue weighted by atomic mass is 10.1. The van der Waals surface area contributed by atoms with Crippen molar-refractivity contribution in [2.45, 2.75) is 33.4 Å². The van der Waals surface area contributed by atoms with Gasteiger partial charge in [-0.15, -0.1) is 0 Å². The van der Waals surface area contributed by atoms with Crippen LogP contribution in [0.5, 0.6) is 11.5 Å². The summed E-state index contributed by atoms with van der Waals surface area (Å²) < 4.78 is 37.0. The smallest absolute Gasteiger partial charge is 0.244 e. The van der Waals surface area contributed by atoms with Crippen LogP contribution in [0.25, 0.3) is 0 Å². The number of rotatable bonds is 12. The van der Waals surface area contributed by atoms with Crippen LogP contribution in [0.1, 0.15) is 26.3 Å². The Morgan fingerprint density at radius 2 is 1.67 bits per heavy atom. The Morgan fingerprint density at radius 1 is 1.03 bits per heavy atom. The molecule has 0 aliphatic heterocycles. The molecule has 0 spiro atoms. The number of methoxy groups -OCH3 is 2. The molecule has 2 aromatic carbocycles. The van der Waals surface area contributed by atoms with Gasteiger partial charge in [-0.05, 0) is 42.7 Å². The van der Waals surface area contributed by atoms with E-state index in [2.05, 4.69) is 5.32 Å². The normalized spacial score (nSPS) is 12.1. The molecule has 9 nitrogen and oxygen atoms in total. The van der Waals surface area contributed by atoms with Gasteiger partial charge in [0, 0.05) is 24.2 Å². The van der Waals surface area contributed by atoms with Crippen molar-refractivity contribution in [1.29, 1.82) is 0 Å². The van der Waals surface area contributed by atoms with E-state index in [1.165, 1.54) is 31.3 Å². The van der Waals surface area contributed by atoms with Crippen molar-refractivity contribution >= 4 is 39.1 Å². The molecule has 2 aromatic rings. The molecular formula is C25H34ClN3O6S. The average Bonchev–Trinajstić information content (AvgIpc) is 2.83. The Labute approximate surface area is 218 Å².